The lowest BCUT2D eigenvalue weighted by atomic mass is 10.1. The molecule has 0 saturated carbocycles. The average Bonchev–Trinajstić information content (AvgIpc) is 2.25. The Kier molecular flexibility index (Phi) is 5.10. The summed E-state index contributed by atoms with van der Waals surface area (Å²) in [5, 5.41) is 0. The number of likely N-dealkylation sites (N-methyl/N-ethyl adjacent to an activating group) is 1. The van der Waals surface area contributed by atoms with E-state index in [4.69, 9.17) is 4.74 Å². The SMILES string of the molecule is COc1ccc(CCN(C)CC(C)=O)cc1F. The number of carbonyl (C=O) groups excluding carboxylic acids is 1. The fourth-order valence-electron chi connectivity index (χ4n) is 1.64. The fourth-order valence-corrected chi connectivity index (χ4v) is 1.64. The molecule has 1 aromatic carbocycles. The molecular weight excluding hydrogens is 221 g/mol. The zero-order chi connectivity index (χ0) is 12.8. The minimum Gasteiger partial charge on any atom is -0.494 e. The maximum absolute atomic E-state index is 13.4. The van der Waals surface area contributed by atoms with E-state index in [-0.39, 0.29) is 17.3 Å². The summed E-state index contributed by atoms with van der Waals surface area (Å²) in [7, 11) is 3.32. The molecule has 0 aliphatic carbocycles. The fraction of sp³-hybridized carbons (Fsp3) is 0.462. The highest BCUT2D eigenvalue weighted by Gasteiger charge is 2.05. The van der Waals surface area contributed by atoms with Crippen molar-refractivity contribution in [2.75, 3.05) is 27.2 Å². The highest BCUT2D eigenvalue weighted by molar-refractivity contribution is 5.77. The quantitative estimate of drug-likeness (QED) is 0.759. The van der Waals surface area contributed by atoms with Crippen molar-refractivity contribution >= 4 is 5.78 Å². The Morgan fingerprint density at radius 2 is 2.18 bits per heavy atom. The van der Waals surface area contributed by atoms with Crippen molar-refractivity contribution < 1.29 is 13.9 Å². The van der Waals surface area contributed by atoms with Crippen LogP contribution in [0, 0.1) is 5.82 Å². The molecule has 0 aromatic heterocycles. The van der Waals surface area contributed by atoms with Crippen LogP contribution >= 0.6 is 0 Å². The van der Waals surface area contributed by atoms with Crippen LogP contribution in [-0.4, -0.2) is 37.9 Å². The van der Waals surface area contributed by atoms with Gasteiger partial charge in [-0.3, -0.25) is 9.69 Å². The Labute approximate surface area is 101 Å². The van der Waals surface area contributed by atoms with Crippen LogP contribution in [0.5, 0.6) is 5.75 Å². The normalized spacial score (nSPS) is 10.6. The number of nitrogens with zero attached hydrogens (tertiary/aromatic N) is 1. The highest BCUT2D eigenvalue weighted by atomic mass is 19.1. The zero-order valence-corrected chi connectivity index (χ0v) is 10.5. The standard InChI is InChI=1S/C13H18FNO2/c1-10(16)9-15(2)7-6-11-4-5-13(17-3)12(14)8-11/h4-5,8H,6-7,9H2,1-3H3. The van der Waals surface area contributed by atoms with Gasteiger partial charge in [0.05, 0.1) is 13.7 Å². The molecule has 0 N–H and O–H groups in total. The van der Waals surface area contributed by atoms with Crippen LogP contribution in [0.25, 0.3) is 0 Å². The Morgan fingerprint density at radius 1 is 1.47 bits per heavy atom. The van der Waals surface area contributed by atoms with Gasteiger partial charge >= 0.3 is 0 Å². The maximum atomic E-state index is 13.4. The van der Waals surface area contributed by atoms with E-state index in [1.807, 2.05) is 18.0 Å². The monoisotopic (exact) mass is 239 g/mol. The van der Waals surface area contributed by atoms with Crippen molar-refractivity contribution in [3.8, 4) is 5.75 Å². The van der Waals surface area contributed by atoms with Crippen LogP contribution in [0.15, 0.2) is 18.2 Å². The van der Waals surface area contributed by atoms with Crippen LogP contribution in [0.3, 0.4) is 0 Å². The van der Waals surface area contributed by atoms with Gasteiger partial charge in [0.15, 0.2) is 11.6 Å². The van der Waals surface area contributed by atoms with Crippen LogP contribution in [0.2, 0.25) is 0 Å². The van der Waals surface area contributed by atoms with Crippen molar-refractivity contribution in [3.63, 3.8) is 0 Å². The number of methoxy groups -OCH3 is 1. The van der Waals surface area contributed by atoms with Gasteiger partial charge in [0.2, 0.25) is 0 Å². The zero-order valence-electron chi connectivity index (χ0n) is 10.5. The van der Waals surface area contributed by atoms with Crippen LogP contribution < -0.4 is 4.74 Å². The van der Waals surface area contributed by atoms with E-state index in [1.165, 1.54) is 13.2 Å². The number of carbonyl (C=O) groups is 1. The van der Waals surface area contributed by atoms with Crippen molar-refractivity contribution in [1.82, 2.24) is 4.90 Å². The molecule has 17 heavy (non-hydrogen) atoms. The summed E-state index contributed by atoms with van der Waals surface area (Å²) in [6, 6.07) is 4.93. The third-order valence-electron chi connectivity index (χ3n) is 2.49. The molecule has 0 aliphatic rings. The number of ketones is 1. The molecule has 0 bridgehead atoms. The first kappa shape index (κ1) is 13.6. The van der Waals surface area contributed by atoms with E-state index in [0.717, 1.165) is 12.1 Å². The lowest BCUT2D eigenvalue weighted by molar-refractivity contribution is -0.117. The first-order valence-electron chi connectivity index (χ1n) is 5.53. The lowest BCUT2D eigenvalue weighted by Gasteiger charge is -2.14. The molecule has 0 saturated heterocycles. The second-order valence-corrected chi connectivity index (χ2v) is 4.16. The van der Waals surface area contributed by atoms with E-state index in [2.05, 4.69) is 0 Å². The minimum absolute atomic E-state index is 0.133. The van der Waals surface area contributed by atoms with Gasteiger partial charge in [-0.2, -0.15) is 0 Å². The minimum atomic E-state index is -0.348. The smallest absolute Gasteiger partial charge is 0.165 e. The van der Waals surface area contributed by atoms with E-state index >= 15 is 0 Å². The van der Waals surface area contributed by atoms with Crippen molar-refractivity contribution in [2.45, 2.75) is 13.3 Å². The van der Waals surface area contributed by atoms with E-state index < -0.39 is 0 Å². The Morgan fingerprint density at radius 3 is 2.71 bits per heavy atom. The largest absolute Gasteiger partial charge is 0.494 e. The van der Waals surface area contributed by atoms with Gasteiger partial charge in [-0.05, 0) is 38.1 Å². The Hall–Kier alpha value is -1.42. The second kappa shape index (κ2) is 6.35. The predicted molar refractivity (Wildman–Crippen MR) is 64.8 cm³/mol. The van der Waals surface area contributed by atoms with Crippen LogP contribution in [-0.2, 0) is 11.2 Å². The number of halogens is 1. The Balaban J connectivity index is 2.52. The first-order valence-corrected chi connectivity index (χ1v) is 5.53. The van der Waals surface area contributed by atoms with Gasteiger partial charge in [-0.1, -0.05) is 6.07 Å². The lowest BCUT2D eigenvalue weighted by Crippen LogP contribution is -2.26. The van der Waals surface area contributed by atoms with Crippen LogP contribution in [0.4, 0.5) is 4.39 Å². The molecule has 0 amide bonds. The van der Waals surface area contributed by atoms with Gasteiger partial charge < -0.3 is 4.74 Å². The van der Waals surface area contributed by atoms with Crippen molar-refractivity contribution in [1.29, 1.82) is 0 Å². The molecule has 1 aromatic rings. The number of Topliss-reactive ketones (excluding diaryl/α,β-unsaturated/α-hetero) is 1. The van der Waals surface area contributed by atoms with Crippen molar-refractivity contribution in [3.05, 3.63) is 29.6 Å². The molecule has 94 valence electrons. The number of benzene rings is 1. The van der Waals surface area contributed by atoms with Gasteiger partial charge in [0.1, 0.15) is 5.78 Å². The first-order chi connectivity index (χ1) is 8.02. The number of rotatable bonds is 6. The number of hydrogen-bond acceptors (Lipinski definition) is 3. The number of ether oxygens (including phenoxy) is 1. The van der Waals surface area contributed by atoms with E-state index in [9.17, 15) is 9.18 Å². The number of hydrogen-bond donors (Lipinski definition) is 0. The molecule has 0 unspecified atom stereocenters. The summed E-state index contributed by atoms with van der Waals surface area (Å²) < 4.78 is 18.2. The molecule has 0 aliphatic heterocycles. The summed E-state index contributed by atoms with van der Waals surface area (Å²) in [5.74, 6) is 0.0403. The topological polar surface area (TPSA) is 29.5 Å². The van der Waals surface area contributed by atoms with Crippen molar-refractivity contribution in [2.24, 2.45) is 0 Å². The molecule has 0 spiro atoms. The maximum Gasteiger partial charge on any atom is 0.165 e. The van der Waals surface area contributed by atoms with Gasteiger partial charge in [-0.25, -0.2) is 4.39 Å². The summed E-state index contributed by atoms with van der Waals surface area (Å²) in [6.45, 7) is 2.72. The van der Waals surface area contributed by atoms with Crippen LogP contribution in [0.1, 0.15) is 12.5 Å². The summed E-state index contributed by atoms with van der Waals surface area (Å²) in [5.41, 5.74) is 0.902. The summed E-state index contributed by atoms with van der Waals surface area (Å²) in [6.07, 6.45) is 0.713. The third kappa shape index (κ3) is 4.53. The average molecular weight is 239 g/mol. The van der Waals surface area contributed by atoms with Gasteiger partial charge in [0, 0.05) is 6.54 Å². The van der Waals surface area contributed by atoms with E-state index in [0.29, 0.717) is 13.0 Å². The molecule has 0 fully saturated rings. The van der Waals surface area contributed by atoms with E-state index in [1.54, 1.807) is 13.0 Å². The summed E-state index contributed by atoms with van der Waals surface area (Å²) in [4.78, 5) is 12.8. The molecular formula is C13H18FNO2. The molecule has 1 rings (SSSR count). The molecule has 3 nitrogen and oxygen atoms in total. The second-order valence-electron chi connectivity index (χ2n) is 4.16. The molecule has 4 heteroatoms. The summed E-state index contributed by atoms with van der Waals surface area (Å²) >= 11 is 0. The highest BCUT2D eigenvalue weighted by Crippen LogP contribution is 2.17. The van der Waals surface area contributed by atoms with Gasteiger partial charge in [-0.15, -0.1) is 0 Å². The predicted octanol–water partition coefficient (Wildman–Crippen LogP) is 1.90. The molecule has 0 radical (unpaired) electrons. The molecule has 0 heterocycles. The third-order valence-corrected chi connectivity index (χ3v) is 2.49. The van der Waals surface area contributed by atoms with Gasteiger partial charge in [0.25, 0.3) is 0 Å². The molecule has 0 atom stereocenters. The Bertz CT molecular complexity index is 393.